The van der Waals surface area contributed by atoms with Gasteiger partial charge in [-0.25, -0.2) is 9.78 Å². The summed E-state index contributed by atoms with van der Waals surface area (Å²) in [5.41, 5.74) is 1.15. The molecule has 0 radical (unpaired) electrons. The van der Waals surface area contributed by atoms with Gasteiger partial charge in [0.2, 0.25) is 0 Å². The molecule has 0 bridgehead atoms. The molecule has 3 amide bonds. The molecule has 4 rings (SSSR count). The molecule has 9 nitrogen and oxygen atoms in total. The summed E-state index contributed by atoms with van der Waals surface area (Å²) in [5, 5.41) is 18.3. The van der Waals surface area contributed by atoms with Crippen LogP contribution in [0.1, 0.15) is 33.7 Å². The van der Waals surface area contributed by atoms with E-state index in [9.17, 15) is 14.4 Å². The number of rotatable bonds is 6. The third-order valence-electron chi connectivity index (χ3n) is 5.57. The molecule has 9 heteroatoms. The number of nitrogens with zero attached hydrogens (tertiary/aromatic N) is 1. The van der Waals surface area contributed by atoms with Crippen LogP contribution in [0.15, 0.2) is 54.7 Å². The quantitative estimate of drug-likeness (QED) is 0.455. The molecular formula is C24H24N4O5. The van der Waals surface area contributed by atoms with Crippen LogP contribution in [0.2, 0.25) is 0 Å². The van der Waals surface area contributed by atoms with Crippen molar-refractivity contribution < 1.29 is 24.2 Å². The molecular weight excluding hydrogens is 424 g/mol. The Bertz CT molecular complexity index is 1190. The molecule has 33 heavy (non-hydrogen) atoms. The molecule has 1 saturated heterocycles. The van der Waals surface area contributed by atoms with E-state index in [0.29, 0.717) is 53.4 Å². The molecule has 2 heterocycles. The smallest absolute Gasteiger partial charge is 0.409 e. The Morgan fingerprint density at radius 3 is 2.42 bits per heavy atom. The molecule has 1 aliphatic heterocycles. The number of nitrogens with one attached hydrogen (secondary N) is 3. The number of ether oxygens (including phenoxy) is 1. The normalized spacial score (nSPS) is 13.9. The molecule has 2 aromatic carbocycles. The zero-order valence-electron chi connectivity index (χ0n) is 17.8. The van der Waals surface area contributed by atoms with Crippen LogP contribution in [0.25, 0.3) is 10.8 Å². The van der Waals surface area contributed by atoms with E-state index < -0.39 is 12.0 Å². The number of fused-ring (bicyclic) bond motifs is 1. The SMILES string of the molecule is O=C(O)Nc1ccc(C(=O)Nc2cccnc2C(=O)NCC2CCOCC2)c2ccccc12. The van der Waals surface area contributed by atoms with Crippen molar-refractivity contribution in [2.75, 3.05) is 30.4 Å². The van der Waals surface area contributed by atoms with Crippen molar-refractivity contribution >= 4 is 40.1 Å². The summed E-state index contributed by atoms with van der Waals surface area (Å²) in [6.45, 7) is 1.91. The van der Waals surface area contributed by atoms with Gasteiger partial charge in [0.1, 0.15) is 0 Å². The summed E-state index contributed by atoms with van der Waals surface area (Å²) in [6.07, 6.45) is 2.10. The van der Waals surface area contributed by atoms with Crippen LogP contribution in [0, 0.1) is 5.92 Å². The van der Waals surface area contributed by atoms with Gasteiger partial charge < -0.3 is 20.5 Å². The number of pyridine rings is 1. The summed E-state index contributed by atoms with van der Waals surface area (Å²) in [7, 11) is 0. The number of carbonyl (C=O) groups is 3. The van der Waals surface area contributed by atoms with Crippen molar-refractivity contribution in [3.05, 3.63) is 66.0 Å². The first kappa shape index (κ1) is 22.2. The van der Waals surface area contributed by atoms with Crippen molar-refractivity contribution in [3.63, 3.8) is 0 Å². The van der Waals surface area contributed by atoms with Crippen LogP contribution in [-0.4, -0.2) is 47.8 Å². The Balaban J connectivity index is 1.54. The lowest BCUT2D eigenvalue weighted by atomic mass is 10.0. The highest BCUT2D eigenvalue weighted by atomic mass is 16.5. The molecule has 1 aliphatic rings. The third-order valence-corrected chi connectivity index (χ3v) is 5.57. The van der Waals surface area contributed by atoms with Gasteiger partial charge in [-0.15, -0.1) is 0 Å². The fraction of sp³-hybridized carbons (Fsp3) is 0.250. The highest BCUT2D eigenvalue weighted by Crippen LogP contribution is 2.28. The molecule has 1 aromatic heterocycles. The molecule has 4 N–H and O–H groups in total. The molecule has 0 saturated carbocycles. The topological polar surface area (TPSA) is 130 Å². The highest BCUT2D eigenvalue weighted by molar-refractivity contribution is 6.16. The van der Waals surface area contributed by atoms with Gasteiger partial charge in [0.25, 0.3) is 11.8 Å². The first-order valence-corrected chi connectivity index (χ1v) is 10.7. The van der Waals surface area contributed by atoms with Crippen LogP contribution < -0.4 is 16.0 Å². The minimum Gasteiger partial charge on any atom is -0.465 e. The van der Waals surface area contributed by atoms with Gasteiger partial charge in [-0.05, 0) is 48.4 Å². The van der Waals surface area contributed by atoms with Crippen molar-refractivity contribution in [1.82, 2.24) is 10.3 Å². The van der Waals surface area contributed by atoms with Gasteiger partial charge in [-0.3, -0.25) is 14.9 Å². The standard InChI is InChI=1S/C24H24N4O5/c29-22(18-7-8-19(28-24(31)32)17-5-2-1-4-16(17)18)27-20-6-3-11-25-21(20)23(30)26-14-15-9-12-33-13-10-15/h1-8,11,15,28H,9-10,12-14H2,(H,26,30)(H,27,29)(H,31,32). The maximum absolute atomic E-state index is 13.1. The van der Waals surface area contributed by atoms with E-state index in [1.54, 1.807) is 42.5 Å². The van der Waals surface area contributed by atoms with Crippen LogP contribution in [-0.2, 0) is 4.74 Å². The molecule has 1 fully saturated rings. The average Bonchev–Trinajstić information content (AvgIpc) is 2.83. The van der Waals surface area contributed by atoms with Gasteiger partial charge >= 0.3 is 6.09 Å². The van der Waals surface area contributed by atoms with E-state index in [0.717, 1.165) is 12.8 Å². The van der Waals surface area contributed by atoms with Gasteiger partial charge in [-0.1, -0.05) is 24.3 Å². The van der Waals surface area contributed by atoms with E-state index in [1.165, 1.54) is 12.3 Å². The van der Waals surface area contributed by atoms with Gasteiger partial charge in [0.05, 0.1) is 11.4 Å². The summed E-state index contributed by atoms with van der Waals surface area (Å²) in [6, 6.07) is 13.3. The minimum atomic E-state index is -1.19. The number of carbonyl (C=O) groups excluding carboxylic acids is 2. The maximum atomic E-state index is 13.1. The fourth-order valence-electron chi connectivity index (χ4n) is 3.87. The molecule has 3 aromatic rings. The Morgan fingerprint density at radius 1 is 0.909 bits per heavy atom. The highest BCUT2D eigenvalue weighted by Gasteiger charge is 2.20. The number of hydrogen-bond acceptors (Lipinski definition) is 5. The summed E-state index contributed by atoms with van der Waals surface area (Å²) in [5.74, 6) is -0.434. The van der Waals surface area contributed by atoms with Crippen molar-refractivity contribution in [3.8, 4) is 0 Å². The molecule has 0 aliphatic carbocycles. The summed E-state index contributed by atoms with van der Waals surface area (Å²) < 4.78 is 5.35. The predicted octanol–water partition coefficient (Wildman–Crippen LogP) is 3.73. The number of hydrogen-bond donors (Lipinski definition) is 4. The molecule has 0 atom stereocenters. The fourth-order valence-corrected chi connectivity index (χ4v) is 3.87. The number of amides is 3. The third kappa shape index (κ3) is 5.27. The monoisotopic (exact) mass is 448 g/mol. The predicted molar refractivity (Wildman–Crippen MR) is 124 cm³/mol. The molecule has 0 unspecified atom stereocenters. The Labute approximate surface area is 190 Å². The van der Waals surface area contributed by atoms with E-state index in [4.69, 9.17) is 9.84 Å². The Morgan fingerprint density at radius 2 is 1.67 bits per heavy atom. The maximum Gasteiger partial charge on any atom is 0.409 e. The number of anilines is 2. The second kappa shape index (κ2) is 10.1. The minimum absolute atomic E-state index is 0.131. The molecule has 0 spiro atoms. The zero-order valence-corrected chi connectivity index (χ0v) is 17.8. The number of aromatic nitrogens is 1. The van der Waals surface area contributed by atoms with E-state index in [1.807, 2.05) is 0 Å². The number of carboxylic acid groups (broad SMARTS) is 1. The second-order valence-corrected chi connectivity index (χ2v) is 7.76. The van der Waals surface area contributed by atoms with Crippen molar-refractivity contribution in [1.29, 1.82) is 0 Å². The summed E-state index contributed by atoms with van der Waals surface area (Å²) in [4.78, 5) is 41.1. The van der Waals surface area contributed by atoms with Crippen LogP contribution >= 0.6 is 0 Å². The van der Waals surface area contributed by atoms with Crippen LogP contribution in [0.3, 0.4) is 0 Å². The van der Waals surface area contributed by atoms with Gasteiger partial charge in [0, 0.05) is 36.9 Å². The number of benzene rings is 2. The van der Waals surface area contributed by atoms with Crippen molar-refractivity contribution in [2.45, 2.75) is 12.8 Å². The summed E-state index contributed by atoms with van der Waals surface area (Å²) >= 11 is 0. The van der Waals surface area contributed by atoms with Crippen LogP contribution in [0.5, 0.6) is 0 Å². The Hall–Kier alpha value is -3.98. The average molecular weight is 448 g/mol. The van der Waals surface area contributed by atoms with E-state index in [-0.39, 0.29) is 11.6 Å². The first-order valence-electron chi connectivity index (χ1n) is 10.7. The largest absolute Gasteiger partial charge is 0.465 e. The second-order valence-electron chi connectivity index (χ2n) is 7.76. The van der Waals surface area contributed by atoms with Gasteiger partial charge in [0.15, 0.2) is 5.69 Å². The lowest BCUT2D eigenvalue weighted by molar-refractivity contribution is 0.0642. The van der Waals surface area contributed by atoms with Crippen LogP contribution in [0.4, 0.5) is 16.2 Å². The van der Waals surface area contributed by atoms with Crippen molar-refractivity contribution in [2.24, 2.45) is 5.92 Å². The molecule has 170 valence electrons. The lowest BCUT2D eigenvalue weighted by Crippen LogP contribution is -2.33. The Kier molecular flexibility index (Phi) is 6.80. The zero-order chi connectivity index (χ0) is 23.2. The van der Waals surface area contributed by atoms with Gasteiger partial charge in [-0.2, -0.15) is 0 Å². The lowest BCUT2D eigenvalue weighted by Gasteiger charge is -2.22. The first-order chi connectivity index (χ1) is 16.0. The van der Waals surface area contributed by atoms with E-state index in [2.05, 4.69) is 20.9 Å². The van der Waals surface area contributed by atoms with E-state index >= 15 is 0 Å².